The Hall–Kier alpha value is -7.54. The van der Waals surface area contributed by atoms with E-state index in [-0.39, 0.29) is 39.3 Å². The third-order valence-corrected chi connectivity index (χ3v) is 21.0. The number of aromatic nitrogens is 1. The van der Waals surface area contributed by atoms with Crippen molar-refractivity contribution in [2.45, 2.75) is 156 Å². The van der Waals surface area contributed by atoms with Crippen LogP contribution in [0.5, 0.6) is 0 Å². The molecule has 9 aromatic carbocycles. The Kier molecular flexibility index (Phi) is 11.1. The van der Waals surface area contributed by atoms with Crippen molar-refractivity contribution in [3.8, 4) is 16.8 Å². The summed E-state index contributed by atoms with van der Waals surface area (Å²) in [6.45, 7) is 37.4. The van der Waals surface area contributed by atoms with Crippen LogP contribution in [0.1, 0.15) is 157 Å². The first-order chi connectivity index (χ1) is 39.7. The summed E-state index contributed by atoms with van der Waals surface area (Å²) in [5.74, 6) is 0. The summed E-state index contributed by atoms with van der Waals surface area (Å²) >= 11 is 1.96. The third-order valence-electron chi connectivity index (χ3n) is 19.9. The molecule has 420 valence electrons. The number of fused-ring (bicyclic) bond motifs is 17. The molecule has 6 heteroatoms. The van der Waals surface area contributed by atoms with Gasteiger partial charge in [-0.25, -0.2) is 0 Å². The van der Waals surface area contributed by atoms with Crippen molar-refractivity contribution in [1.29, 1.82) is 0 Å². The standard InChI is InChI=1S/C78H78BN3OS/c1-73(2,3)45-21-28-49(29-22-45)80(50-30-23-46(24-31-50)74(4,5)6)52-34-35-60-63(40-52)81-61-36-27-48(76(10,11)12)39-56(61)67-68-53-19-17-18-20-64(53)83-72(68)69-57-41-54-55-42-58-59(78(15,16)38-37-77(58,13)14)43-65(55)84-66(54)44-62(57)82(79(60)70(69)71(67)81)51-32-25-47(26-33-51)75(7,8)9/h17-36,39-44H,37-38H2,1-16H3. The predicted molar refractivity (Wildman–Crippen MR) is 365 cm³/mol. The van der Waals surface area contributed by atoms with Gasteiger partial charge in [0.15, 0.2) is 0 Å². The molecular weight excluding hydrogens is 1040 g/mol. The van der Waals surface area contributed by atoms with Crippen LogP contribution < -0.4 is 20.6 Å². The molecule has 0 atom stereocenters. The van der Waals surface area contributed by atoms with Gasteiger partial charge in [-0.15, -0.1) is 11.3 Å². The Morgan fingerprint density at radius 3 is 1.63 bits per heavy atom. The summed E-state index contributed by atoms with van der Waals surface area (Å²) in [6.07, 6.45) is 2.36. The van der Waals surface area contributed by atoms with Crippen LogP contribution in [-0.2, 0) is 32.5 Å². The molecule has 2 aliphatic heterocycles. The topological polar surface area (TPSA) is 24.6 Å². The van der Waals surface area contributed by atoms with Crippen molar-refractivity contribution < 1.29 is 4.42 Å². The van der Waals surface area contributed by atoms with E-state index >= 15 is 0 Å². The van der Waals surface area contributed by atoms with Gasteiger partial charge in [-0.1, -0.05) is 178 Å². The van der Waals surface area contributed by atoms with Crippen LogP contribution in [0.4, 0.5) is 28.4 Å². The van der Waals surface area contributed by atoms with Gasteiger partial charge in [0.2, 0.25) is 0 Å². The molecule has 0 N–H and O–H groups in total. The van der Waals surface area contributed by atoms with Crippen LogP contribution in [0.2, 0.25) is 0 Å². The lowest BCUT2D eigenvalue weighted by Gasteiger charge is -2.42. The van der Waals surface area contributed by atoms with E-state index in [0.717, 1.165) is 33.6 Å². The van der Waals surface area contributed by atoms with E-state index in [0.29, 0.717) is 0 Å². The maximum Gasteiger partial charge on any atom is 0.333 e. The van der Waals surface area contributed by atoms with E-state index in [2.05, 4.69) is 283 Å². The van der Waals surface area contributed by atoms with Gasteiger partial charge in [0, 0.05) is 87.0 Å². The van der Waals surface area contributed by atoms with Crippen LogP contribution in [0.3, 0.4) is 0 Å². The van der Waals surface area contributed by atoms with Crippen LogP contribution >= 0.6 is 11.3 Å². The van der Waals surface area contributed by atoms with Crippen molar-refractivity contribution in [3.05, 3.63) is 191 Å². The molecule has 0 saturated heterocycles. The highest BCUT2D eigenvalue weighted by molar-refractivity contribution is 7.26. The highest BCUT2D eigenvalue weighted by Gasteiger charge is 2.47. The van der Waals surface area contributed by atoms with Gasteiger partial charge >= 0.3 is 6.85 Å². The molecule has 5 heterocycles. The summed E-state index contributed by atoms with van der Waals surface area (Å²) in [5.41, 5.74) is 24.6. The molecule has 0 unspecified atom stereocenters. The number of thiophene rings is 1. The fraction of sp³-hybridized carbons (Fsp3) is 0.308. The molecule has 0 radical (unpaired) electrons. The second-order valence-corrected chi connectivity index (χ2v) is 31.6. The highest BCUT2D eigenvalue weighted by atomic mass is 32.1. The van der Waals surface area contributed by atoms with Crippen molar-refractivity contribution >= 4 is 121 Å². The number of benzene rings is 9. The number of anilines is 5. The van der Waals surface area contributed by atoms with E-state index in [1.165, 1.54) is 133 Å². The zero-order valence-electron chi connectivity index (χ0n) is 52.2. The van der Waals surface area contributed by atoms with Crippen LogP contribution in [-0.4, -0.2) is 11.4 Å². The summed E-state index contributed by atoms with van der Waals surface area (Å²) in [7, 11) is 0. The zero-order chi connectivity index (χ0) is 58.7. The minimum atomic E-state index is -0.220. The van der Waals surface area contributed by atoms with Gasteiger partial charge in [-0.2, -0.15) is 0 Å². The summed E-state index contributed by atoms with van der Waals surface area (Å²) in [4.78, 5) is 5.19. The van der Waals surface area contributed by atoms with E-state index in [4.69, 9.17) is 4.42 Å². The number of hydrogen-bond acceptors (Lipinski definition) is 4. The quantitative estimate of drug-likeness (QED) is 0.164. The van der Waals surface area contributed by atoms with Crippen LogP contribution in [0.15, 0.2) is 162 Å². The van der Waals surface area contributed by atoms with E-state index in [1.54, 1.807) is 0 Å². The van der Waals surface area contributed by atoms with Gasteiger partial charge in [0.25, 0.3) is 0 Å². The summed E-state index contributed by atoms with van der Waals surface area (Å²) < 4.78 is 12.8. The van der Waals surface area contributed by atoms with E-state index in [9.17, 15) is 0 Å². The highest BCUT2D eigenvalue weighted by Crippen LogP contribution is 2.55. The largest absolute Gasteiger partial charge is 0.455 e. The second-order valence-electron chi connectivity index (χ2n) is 30.5. The third kappa shape index (κ3) is 7.84. The second kappa shape index (κ2) is 17.5. The van der Waals surface area contributed by atoms with Gasteiger partial charge < -0.3 is 18.7 Å². The Morgan fingerprint density at radius 1 is 0.488 bits per heavy atom. The summed E-state index contributed by atoms with van der Waals surface area (Å²) in [5, 5.41) is 7.52. The summed E-state index contributed by atoms with van der Waals surface area (Å²) in [6, 6.07) is 61.9. The molecule has 0 fully saturated rings. The van der Waals surface area contributed by atoms with Gasteiger partial charge in [0.1, 0.15) is 11.2 Å². The fourth-order valence-electron chi connectivity index (χ4n) is 14.8. The van der Waals surface area contributed by atoms with Gasteiger partial charge in [0.05, 0.1) is 11.0 Å². The smallest absolute Gasteiger partial charge is 0.333 e. The molecule has 0 saturated carbocycles. The first kappa shape index (κ1) is 53.2. The lowest BCUT2D eigenvalue weighted by Crippen LogP contribution is -2.60. The Balaban J connectivity index is 1.10. The normalized spacial score (nSPS) is 15.7. The van der Waals surface area contributed by atoms with Crippen LogP contribution in [0, 0.1) is 0 Å². The molecule has 3 aromatic heterocycles. The Labute approximate surface area is 501 Å². The zero-order valence-corrected chi connectivity index (χ0v) is 53.0. The minimum Gasteiger partial charge on any atom is -0.455 e. The SMILES string of the molecule is CC(C)(C)c1ccc(N2B3c4ccc(N(c5ccc(C(C)(C)C)cc5)c5ccc(C(C)(C)C)cc5)cc4-n4c5ccc(C(C)(C)C)cc5c5c6c(oc7ccccc76)c(c3c54)-c3cc4c(cc32)sc2cc3c(cc24)C(C)(C)CCC3(C)C)cc1. The number of furan rings is 1. The number of para-hydroxylation sites is 1. The first-order valence-corrected chi connectivity index (χ1v) is 31.5. The van der Waals surface area contributed by atoms with Crippen molar-refractivity contribution in [2.24, 2.45) is 0 Å². The number of hydrogen-bond donors (Lipinski definition) is 0. The molecule has 0 bridgehead atoms. The molecule has 0 amide bonds. The number of nitrogens with zero attached hydrogens (tertiary/aromatic N) is 3. The molecule has 84 heavy (non-hydrogen) atoms. The lowest BCUT2D eigenvalue weighted by atomic mass is 9.44. The van der Waals surface area contributed by atoms with Crippen LogP contribution in [0.25, 0.3) is 80.7 Å². The Morgan fingerprint density at radius 2 is 1.02 bits per heavy atom. The molecule has 4 nitrogen and oxygen atoms in total. The average Bonchev–Trinajstić information content (AvgIpc) is 1.47. The minimum absolute atomic E-state index is 0.0117. The van der Waals surface area contributed by atoms with E-state index < -0.39 is 0 Å². The van der Waals surface area contributed by atoms with Crippen molar-refractivity contribution in [3.63, 3.8) is 0 Å². The average molecular weight is 1120 g/mol. The monoisotopic (exact) mass is 1120 g/mol. The fourth-order valence-corrected chi connectivity index (χ4v) is 15.9. The van der Waals surface area contributed by atoms with E-state index in [1.807, 2.05) is 11.3 Å². The molecule has 3 aliphatic rings. The predicted octanol–water partition coefficient (Wildman–Crippen LogP) is 21.3. The lowest BCUT2D eigenvalue weighted by molar-refractivity contribution is 0.332. The molecule has 15 rings (SSSR count). The van der Waals surface area contributed by atoms with Crippen molar-refractivity contribution in [1.82, 2.24) is 4.57 Å². The molecular formula is C78H78BN3OS. The van der Waals surface area contributed by atoms with Gasteiger partial charge in [-0.05, 0) is 181 Å². The first-order valence-electron chi connectivity index (χ1n) is 30.7. The Bertz CT molecular complexity index is 4690. The van der Waals surface area contributed by atoms with Gasteiger partial charge in [-0.3, -0.25) is 0 Å². The van der Waals surface area contributed by atoms with Crippen molar-refractivity contribution in [2.75, 3.05) is 9.71 Å². The molecule has 0 spiro atoms. The maximum atomic E-state index is 7.51. The maximum absolute atomic E-state index is 7.51. The molecule has 1 aliphatic carbocycles. The number of rotatable bonds is 4. The molecule has 12 aromatic rings.